The van der Waals surface area contributed by atoms with Gasteiger partial charge in [-0.05, 0) is 87.0 Å². The van der Waals surface area contributed by atoms with Crippen LogP contribution in [0, 0.1) is 5.92 Å². The fourth-order valence-corrected chi connectivity index (χ4v) is 5.15. The number of carbonyl (C=O) groups is 1. The first-order valence-electron chi connectivity index (χ1n) is 12.2. The summed E-state index contributed by atoms with van der Waals surface area (Å²) in [4.78, 5) is 16.0. The second-order valence-electron chi connectivity index (χ2n) is 9.38. The molecule has 2 fully saturated rings. The zero-order chi connectivity index (χ0) is 23.1. The lowest BCUT2D eigenvalue weighted by molar-refractivity contribution is -0.125. The molecule has 2 saturated heterocycles. The number of rotatable bonds is 8. The van der Waals surface area contributed by atoms with Crippen LogP contribution in [0.4, 0.5) is 5.69 Å². The fraction of sp³-hybridized carbons (Fsp3) is 0.519. The number of nitrogens with one attached hydrogen (secondary N) is 1. The van der Waals surface area contributed by atoms with Gasteiger partial charge in [-0.1, -0.05) is 36.7 Å². The van der Waals surface area contributed by atoms with Crippen molar-refractivity contribution in [1.29, 1.82) is 0 Å². The molecule has 0 aliphatic carbocycles. The molecule has 0 aromatic heterocycles. The maximum absolute atomic E-state index is 13.4. The van der Waals surface area contributed by atoms with E-state index < -0.39 is 5.41 Å². The number of hydrogen-bond donors (Lipinski definition) is 1. The highest BCUT2D eigenvalue weighted by Crippen LogP contribution is 2.39. The molecule has 0 bridgehead atoms. The van der Waals surface area contributed by atoms with Crippen molar-refractivity contribution in [2.75, 3.05) is 44.8 Å². The lowest BCUT2D eigenvalue weighted by Crippen LogP contribution is -2.45. The van der Waals surface area contributed by atoms with Crippen molar-refractivity contribution in [3.63, 3.8) is 0 Å². The lowest BCUT2D eigenvalue weighted by atomic mass is 9.73. The van der Waals surface area contributed by atoms with Gasteiger partial charge in [-0.25, -0.2) is 0 Å². The predicted octanol–water partition coefficient (Wildman–Crippen LogP) is 5.53. The number of benzene rings is 2. The first-order chi connectivity index (χ1) is 16.1. The molecule has 2 aromatic rings. The van der Waals surface area contributed by atoms with Gasteiger partial charge < -0.3 is 19.7 Å². The van der Waals surface area contributed by atoms with E-state index in [4.69, 9.17) is 21.1 Å². The molecular formula is C27H35ClN2O3. The van der Waals surface area contributed by atoms with E-state index in [1.54, 1.807) is 0 Å². The number of nitrogens with zero attached hydrogens (tertiary/aromatic N) is 1. The molecular weight excluding hydrogens is 436 g/mol. The molecule has 2 aromatic carbocycles. The van der Waals surface area contributed by atoms with E-state index in [1.165, 1.54) is 25.9 Å². The first-order valence-corrected chi connectivity index (χ1v) is 12.5. The SMILES string of the molecule is CC1CCN(CCCOc2ccc(NC(=O)C3(c4ccccc4Cl)CCOCC3)cc2)CC1. The van der Waals surface area contributed by atoms with Gasteiger partial charge in [-0.3, -0.25) is 4.79 Å². The van der Waals surface area contributed by atoms with Crippen LogP contribution in [0.1, 0.15) is 44.6 Å². The Morgan fingerprint density at radius 2 is 1.82 bits per heavy atom. The third-order valence-corrected chi connectivity index (χ3v) is 7.38. The fourth-order valence-electron chi connectivity index (χ4n) is 4.84. The van der Waals surface area contributed by atoms with Crippen molar-refractivity contribution in [2.45, 2.75) is 44.4 Å². The normalized spacial score (nSPS) is 19.2. The number of piperidine rings is 1. The van der Waals surface area contributed by atoms with Gasteiger partial charge >= 0.3 is 0 Å². The zero-order valence-corrected chi connectivity index (χ0v) is 20.3. The number of ether oxygens (including phenoxy) is 2. The van der Waals surface area contributed by atoms with E-state index in [0.717, 1.165) is 35.9 Å². The van der Waals surface area contributed by atoms with Gasteiger partial charge in [0.25, 0.3) is 0 Å². The molecule has 6 heteroatoms. The summed E-state index contributed by atoms with van der Waals surface area (Å²) in [6.45, 7) is 7.63. The average molecular weight is 471 g/mol. The summed E-state index contributed by atoms with van der Waals surface area (Å²) in [6, 6.07) is 15.3. The smallest absolute Gasteiger partial charge is 0.235 e. The Kier molecular flexibility index (Phi) is 8.29. The molecule has 33 heavy (non-hydrogen) atoms. The quantitative estimate of drug-likeness (QED) is 0.515. The molecule has 5 nitrogen and oxygen atoms in total. The van der Waals surface area contributed by atoms with Gasteiger partial charge in [0.05, 0.1) is 12.0 Å². The molecule has 0 saturated carbocycles. The third-order valence-electron chi connectivity index (χ3n) is 7.05. The van der Waals surface area contributed by atoms with Crippen molar-refractivity contribution in [1.82, 2.24) is 4.90 Å². The number of anilines is 1. The van der Waals surface area contributed by atoms with Crippen molar-refractivity contribution < 1.29 is 14.3 Å². The van der Waals surface area contributed by atoms with Gasteiger partial charge in [0.15, 0.2) is 0 Å². The van der Waals surface area contributed by atoms with Gasteiger partial charge in [-0.2, -0.15) is 0 Å². The zero-order valence-electron chi connectivity index (χ0n) is 19.5. The molecule has 2 heterocycles. The second-order valence-corrected chi connectivity index (χ2v) is 9.79. The Balaban J connectivity index is 1.31. The van der Waals surface area contributed by atoms with Crippen molar-refractivity contribution >= 4 is 23.2 Å². The van der Waals surface area contributed by atoms with Crippen molar-refractivity contribution in [3.8, 4) is 5.75 Å². The Labute approximate surface area is 202 Å². The maximum Gasteiger partial charge on any atom is 0.235 e. The lowest BCUT2D eigenvalue weighted by Gasteiger charge is -2.36. The largest absolute Gasteiger partial charge is 0.494 e. The minimum atomic E-state index is -0.683. The van der Waals surface area contributed by atoms with Crippen molar-refractivity contribution in [2.24, 2.45) is 5.92 Å². The van der Waals surface area contributed by atoms with E-state index in [9.17, 15) is 4.79 Å². The molecule has 2 aliphatic heterocycles. The van der Waals surface area contributed by atoms with E-state index in [1.807, 2.05) is 48.5 Å². The topological polar surface area (TPSA) is 50.8 Å². The maximum atomic E-state index is 13.4. The van der Waals surface area contributed by atoms with Crippen LogP contribution in [-0.4, -0.2) is 50.3 Å². The number of halogens is 1. The number of carbonyl (C=O) groups excluding carboxylic acids is 1. The third kappa shape index (κ3) is 6.08. The molecule has 1 amide bonds. The molecule has 0 spiro atoms. The summed E-state index contributed by atoms with van der Waals surface area (Å²) in [7, 11) is 0. The monoisotopic (exact) mass is 470 g/mol. The summed E-state index contributed by atoms with van der Waals surface area (Å²) in [6.07, 6.45) is 4.85. The van der Waals surface area contributed by atoms with Crippen LogP contribution >= 0.6 is 11.6 Å². The summed E-state index contributed by atoms with van der Waals surface area (Å²) >= 11 is 6.49. The highest BCUT2D eigenvalue weighted by atomic mass is 35.5. The molecule has 178 valence electrons. The highest BCUT2D eigenvalue weighted by molar-refractivity contribution is 6.31. The Bertz CT molecular complexity index is 904. The van der Waals surface area contributed by atoms with Crippen LogP contribution in [0.3, 0.4) is 0 Å². The van der Waals surface area contributed by atoms with E-state index in [2.05, 4.69) is 17.1 Å². The van der Waals surface area contributed by atoms with Crippen LogP contribution in [-0.2, 0) is 14.9 Å². The minimum absolute atomic E-state index is 0.0385. The van der Waals surface area contributed by atoms with Crippen LogP contribution < -0.4 is 10.1 Å². The number of hydrogen-bond acceptors (Lipinski definition) is 4. The second kappa shape index (κ2) is 11.4. The predicted molar refractivity (Wildman–Crippen MR) is 133 cm³/mol. The molecule has 0 atom stereocenters. The number of amides is 1. The molecule has 0 unspecified atom stereocenters. The van der Waals surface area contributed by atoms with Gasteiger partial charge in [0.2, 0.25) is 5.91 Å². The van der Waals surface area contributed by atoms with Gasteiger partial charge in [0.1, 0.15) is 5.75 Å². The standard InChI is InChI=1S/C27H35ClN2O3/c1-21-11-16-30(17-12-21)15-4-18-33-23-9-7-22(8-10-23)29-26(31)27(13-19-32-20-14-27)24-5-2-3-6-25(24)28/h2-3,5-10,21H,4,11-20H2,1H3,(H,29,31). The first kappa shape index (κ1) is 24.1. The molecule has 1 N–H and O–H groups in total. The molecule has 4 rings (SSSR count). The van der Waals surface area contributed by atoms with Gasteiger partial charge in [0, 0.05) is 30.5 Å². The summed E-state index contributed by atoms with van der Waals surface area (Å²) in [5, 5.41) is 3.73. The summed E-state index contributed by atoms with van der Waals surface area (Å²) < 4.78 is 11.5. The molecule has 0 radical (unpaired) electrons. The van der Waals surface area contributed by atoms with Gasteiger partial charge in [-0.15, -0.1) is 0 Å². The summed E-state index contributed by atoms with van der Waals surface area (Å²) in [5.74, 6) is 1.65. The minimum Gasteiger partial charge on any atom is -0.494 e. The van der Waals surface area contributed by atoms with E-state index in [0.29, 0.717) is 37.7 Å². The van der Waals surface area contributed by atoms with Crippen molar-refractivity contribution in [3.05, 3.63) is 59.1 Å². The summed E-state index contributed by atoms with van der Waals surface area (Å²) in [5.41, 5.74) is 0.946. The van der Waals surface area contributed by atoms with E-state index >= 15 is 0 Å². The van der Waals surface area contributed by atoms with Crippen LogP contribution in [0.5, 0.6) is 5.75 Å². The number of likely N-dealkylation sites (tertiary alicyclic amines) is 1. The Hall–Kier alpha value is -2.08. The Morgan fingerprint density at radius 1 is 1.12 bits per heavy atom. The Morgan fingerprint density at radius 3 is 2.52 bits per heavy atom. The molecule has 2 aliphatic rings. The van der Waals surface area contributed by atoms with E-state index in [-0.39, 0.29) is 5.91 Å². The van der Waals surface area contributed by atoms with Crippen LogP contribution in [0.2, 0.25) is 5.02 Å². The van der Waals surface area contributed by atoms with Crippen LogP contribution in [0.15, 0.2) is 48.5 Å². The average Bonchev–Trinajstić information content (AvgIpc) is 2.84. The highest BCUT2D eigenvalue weighted by Gasteiger charge is 2.43. The van der Waals surface area contributed by atoms with Crippen LogP contribution in [0.25, 0.3) is 0 Å².